The number of nitrogens with one attached hydrogen (secondary N) is 1. The number of aromatic nitrogens is 1. The highest BCUT2D eigenvalue weighted by atomic mass is 35.5. The molecule has 0 aliphatic carbocycles. The molecule has 0 atom stereocenters. The number of amides is 1. The van der Waals surface area contributed by atoms with E-state index < -0.39 is 17.6 Å². The number of anilines is 1. The van der Waals surface area contributed by atoms with Gasteiger partial charge in [-0.25, -0.2) is 4.98 Å². The largest absolute Gasteiger partial charge is 0.436 e. The van der Waals surface area contributed by atoms with E-state index in [1.54, 1.807) is 13.8 Å². The lowest BCUT2D eigenvalue weighted by atomic mass is 10.1. The van der Waals surface area contributed by atoms with Gasteiger partial charge in [-0.05, 0) is 30.7 Å². The van der Waals surface area contributed by atoms with Crippen LogP contribution in [0.1, 0.15) is 33.3 Å². The summed E-state index contributed by atoms with van der Waals surface area (Å²) in [6.07, 6.45) is -4.52. The maximum atomic E-state index is 12.8. The number of aryl methyl sites for hydroxylation is 2. The van der Waals surface area contributed by atoms with Crippen LogP contribution in [0.2, 0.25) is 0 Å². The zero-order chi connectivity index (χ0) is 16.5. The third-order valence-electron chi connectivity index (χ3n) is 2.92. The molecule has 0 fully saturated rings. The van der Waals surface area contributed by atoms with Crippen LogP contribution in [-0.4, -0.2) is 10.9 Å². The molecule has 0 saturated heterocycles. The number of benzene rings is 1. The number of oxazole rings is 1. The summed E-state index contributed by atoms with van der Waals surface area (Å²) in [5, 5.41) is 2.37. The van der Waals surface area contributed by atoms with Gasteiger partial charge >= 0.3 is 6.18 Å². The Hall–Kier alpha value is -2.06. The molecule has 9 heteroatoms. The van der Waals surface area contributed by atoms with Crippen molar-refractivity contribution in [3.63, 3.8) is 0 Å². The number of carbonyl (C=O) groups is 1. The summed E-state index contributed by atoms with van der Waals surface area (Å²) in [5.41, 5.74) is 5.13. The summed E-state index contributed by atoms with van der Waals surface area (Å²) in [6.45, 7) is 3.07. The van der Waals surface area contributed by atoms with Crippen molar-refractivity contribution >= 4 is 24.0 Å². The SMILES string of the molecule is Cc1nc(C)c(C(=O)Nc2cc(CN)cc(C(F)(F)F)c2)o1.Cl. The van der Waals surface area contributed by atoms with Gasteiger partial charge in [0.25, 0.3) is 5.91 Å². The summed E-state index contributed by atoms with van der Waals surface area (Å²) in [5.74, 6) is -0.404. The van der Waals surface area contributed by atoms with Gasteiger partial charge < -0.3 is 15.5 Å². The lowest BCUT2D eigenvalue weighted by molar-refractivity contribution is -0.137. The molecule has 3 N–H and O–H groups in total. The monoisotopic (exact) mass is 349 g/mol. The van der Waals surface area contributed by atoms with Crippen LogP contribution >= 0.6 is 12.4 Å². The predicted octanol–water partition coefficient (Wildman–Crippen LogP) is 3.44. The third-order valence-corrected chi connectivity index (χ3v) is 2.92. The summed E-state index contributed by atoms with van der Waals surface area (Å²) in [4.78, 5) is 16.0. The zero-order valence-electron chi connectivity index (χ0n) is 12.3. The quantitative estimate of drug-likeness (QED) is 0.889. The molecule has 1 heterocycles. The van der Waals surface area contributed by atoms with Gasteiger partial charge in [-0.15, -0.1) is 12.4 Å². The zero-order valence-corrected chi connectivity index (χ0v) is 13.1. The molecule has 5 nitrogen and oxygen atoms in total. The van der Waals surface area contributed by atoms with Crippen LogP contribution in [0.4, 0.5) is 18.9 Å². The Labute approximate surface area is 136 Å². The molecule has 2 aromatic rings. The van der Waals surface area contributed by atoms with Crippen molar-refractivity contribution in [2.75, 3.05) is 5.32 Å². The maximum absolute atomic E-state index is 12.8. The van der Waals surface area contributed by atoms with E-state index in [1.165, 1.54) is 6.07 Å². The molecule has 0 bridgehead atoms. The minimum atomic E-state index is -4.52. The van der Waals surface area contributed by atoms with E-state index in [1.807, 2.05) is 0 Å². The first-order valence-electron chi connectivity index (χ1n) is 6.37. The molecule has 23 heavy (non-hydrogen) atoms. The van der Waals surface area contributed by atoms with E-state index in [4.69, 9.17) is 10.2 Å². The molecule has 1 aromatic heterocycles. The number of nitrogens with zero attached hydrogens (tertiary/aromatic N) is 1. The fourth-order valence-electron chi connectivity index (χ4n) is 1.98. The number of halogens is 4. The third kappa shape index (κ3) is 4.46. The molecule has 1 aromatic carbocycles. The Morgan fingerprint density at radius 2 is 1.96 bits per heavy atom. The Bertz CT molecular complexity index is 714. The van der Waals surface area contributed by atoms with Gasteiger partial charge in [-0.1, -0.05) is 0 Å². The topological polar surface area (TPSA) is 81.2 Å². The average molecular weight is 350 g/mol. The van der Waals surface area contributed by atoms with Gasteiger partial charge in [0.1, 0.15) is 0 Å². The predicted molar refractivity (Wildman–Crippen MR) is 80.5 cm³/mol. The number of hydrogen-bond acceptors (Lipinski definition) is 4. The van der Waals surface area contributed by atoms with Gasteiger partial charge in [0.15, 0.2) is 5.89 Å². The Morgan fingerprint density at radius 3 is 2.43 bits per heavy atom. The first kappa shape index (κ1) is 19.0. The minimum Gasteiger partial charge on any atom is -0.436 e. The molecule has 0 saturated carbocycles. The van der Waals surface area contributed by atoms with Crippen molar-refractivity contribution in [3.05, 3.63) is 46.7 Å². The number of hydrogen-bond donors (Lipinski definition) is 2. The second kappa shape index (κ2) is 7.01. The molecular formula is C14H15ClF3N3O2. The molecule has 2 rings (SSSR count). The molecule has 0 unspecified atom stereocenters. The van der Waals surface area contributed by atoms with E-state index >= 15 is 0 Å². The van der Waals surface area contributed by atoms with Crippen LogP contribution in [-0.2, 0) is 12.7 Å². The fourth-order valence-corrected chi connectivity index (χ4v) is 1.98. The summed E-state index contributed by atoms with van der Waals surface area (Å²) >= 11 is 0. The highest BCUT2D eigenvalue weighted by Crippen LogP contribution is 2.32. The molecule has 0 aliphatic heterocycles. The lowest BCUT2D eigenvalue weighted by Gasteiger charge is -2.12. The van der Waals surface area contributed by atoms with Crippen LogP contribution in [0, 0.1) is 13.8 Å². The Kier molecular flexibility index (Phi) is 5.79. The fraction of sp³-hybridized carbons (Fsp3) is 0.286. The van der Waals surface area contributed by atoms with E-state index in [-0.39, 0.29) is 36.0 Å². The number of nitrogens with two attached hydrogens (primary N) is 1. The second-order valence-corrected chi connectivity index (χ2v) is 4.72. The highest BCUT2D eigenvalue weighted by Gasteiger charge is 2.31. The summed E-state index contributed by atoms with van der Waals surface area (Å²) in [6, 6.07) is 3.17. The maximum Gasteiger partial charge on any atom is 0.416 e. The molecule has 126 valence electrons. The van der Waals surface area contributed by atoms with Crippen molar-refractivity contribution in [3.8, 4) is 0 Å². The Balaban J connectivity index is 0.00000264. The second-order valence-electron chi connectivity index (χ2n) is 4.72. The van der Waals surface area contributed by atoms with Crippen molar-refractivity contribution in [1.82, 2.24) is 4.98 Å². The van der Waals surface area contributed by atoms with Crippen molar-refractivity contribution in [2.24, 2.45) is 5.73 Å². The van der Waals surface area contributed by atoms with E-state index in [0.717, 1.165) is 12.1 Å². The number of rotatable bonds is 3. The molecule has 0 spiro atoms. The summed E-state index contributed by atoms with van der Waals surface area (Å²) in [7, 11) is 0. The smallest absolute Gasteiger partial charge is 0.416 e. The molecular weight excluding hydrogens is 335 g/mol. The van der Waals surface area contributed by atoms with Crippen LogP contribution in [0.3, 0.4) is 0 Å². The van der Waals surface area contributed by atoms with Crippen LogP contribution in [0.25, 0.3) is 0 Å². The van der Waals surface area contributed by atoms with Crippen molar-refractivity contribution < 1.29 is 22.4 Å². The van der Waals surface area contributed by atoms with Gasteiger partial charge in [0.2, 0.25) is 5.76 Å². The van der Waals surface area contributed by atoms with E-state index in [0.29, 0.717) is 11.6 Å². The van der Waals surface area contributed by atoms with Crippen LogP contribution in [0.15, 0.2) is 22.6 Å². The minimum absolute atomic E-state index is 0. The van der Waals surface area contributed by atoms with Gasteiger partial charge in [0.05, 0.1) is 11.3 Å². The highest BCUT2D eigenvalue weighted by molar-refractivity contribution is 6.03. The van der Waals surface area contributed by atoms with Crippen molar-refractivity contribution in [1.29, 1.82) is 0 Å². The molecule has 0 aliphatic rings. The Morgan fingerprint density at radius 1 is 1.30 bits per heavy atom. The van der Waals surface area contributed by atoms with Crippen molar-refractivity contribution in [2.45, 2.75) is 26.6 Å². The van der Waals surface area contributed by atoms with Gasteiger partial charge in [-0.3, -0.25) is 4.79 Å². The normalized spacial score (nSPS) is 11.0. The average Bonchev–Trinajstić information content (AvgIpc) is 2.76. The number of carbonyl (C=O) groups excluding carboxylic acids is 1. The van der Waals surface area contributed by atoms with Gasteiger partial charge in [-0.2, -0.15) is 13.2 Å². The molecule has 0 radical (unpaired) electrons. The first-order valence-corrected chi connectivity index (χ1v) is 6.37. The van der Waals surface area contributed by atoms with E-state index in [9.17, 15) is 18.0 Å². The lowest BCUT2D eigenvalue weighted by Crippen LogP contribution is -2.14. The van der Waals surface area contributed by atoms with Crippen LogP contribution < -0.4 is 11.1 Å². The standard InChI is InChI=1S/C14H14F3N3O2.ClH/c1-7-12(22-8(2)19-7)13(21)20-11-4-9(6-18)3-10(5-11)14(15,16)17;/h3-5H,6,18H2,1-2H3,(H,20,21);1H. The van der Waals surface area contributed by atoms with E-state index in [2.05, 4.69) is 10.3 Å². The first-order chi connectivity index (χ1) is 10.2. The molecule has 1 amide bonds. The summed E-state index contributed by atoms with van der Waals surface area (Å²) < 4.78 is 43.6. The van der Waals surface area contributed by atoms with Crippen LogP contribution in [0.5, 0.6) is 0 Å². The number of alkyl halides is 3. The van der Waals surface area contributed by atoms with Gasteiger partial charge in [0, 0.05) is 19.2 Å².